The molecule has 0 fully saturated rings. The highest BCUT2D eigenvalue weighted by Gasteiger charge is 2.12. The molecule has 0 unspecified atom stereocenters. The summed E-state index contributed by atoms with van der Waals surface area (Å²) in [6.45, 7) is 7.40. The minimum absolute atomic E-state index is 0.0241. The average molecular weight is 443 g/mol. The molecule has 32 heavy (non-hydrogen) atoms. The van der Waals surface area contributed by atoms with E-state index >= 15 is 0 Å². The second-order valence-corrected chi connectivity index (χ2v) is 7.76. The van der Waals surface area contributed by atoms with Crippen LogP contribution in [0.2, 0.25) is 0 Å². The number of carbonyl (C=O) groups is 2. The Labute approximate surface area is 189 Å². The molecule has 4 N–H and O–H groups in total. The van der Waals surface area contributed by atoms with Crippen LogP contribution in [0.5, 0.6) is 11.5 Å². The summed E-state index contributed by atoms with van der Waals surface area (Å²) in [5, 5.41) is 37.1. The molecular weight excluding hydrogens is 408 g/mol. The van der Waals surface area contributed by atoms with Crippen LogP contribution in [0.3, 0.4) is 0 Å². The Morgan fingerprint density at radius 3 is 1.91 bits per heavy atom. The molecule has 0 saturated carbocycles. The van der Waals surface area contributed by atoms with Crippen molar-refractivity contribution in [2.45, 2.75) is 66.2 Å². The predicted molar refractivity (Wildman–Crippen MR) is 127 cm³/mol. The zero-order valence-corrected chi connectivity index (χ0v) is 19.3. The van der Waals surface area contributed by atoms with Crippen molar-refractivity contribution in [1.82, 2.24) is 0 Å². The first kappa shape index (κ1) is 26.8. The highest BCUT2D eigenvalue weighted by Crippen LogP contribution is 2.24. The number of phenols is 2. The summed E-state index contributed by atoms with van der Waals surface area (Å²) in [4.78, 5) is 21.9. The van der Waals surface area contributed by atoms with E-state index in [1.807, 2.05) is 12.2 Å². The second-order valence-electron chi connectivity index (χ2n) is 7.76. The van der Waals surface area contributed by atoms with Crippen LogP contribution in [0.4, 0.5) is 0 Å². The van der Waals surface area contributed by atoms with Gasteiger partial charge in [-0.15, -0.1) is 0 Å². The van der Waals surface area contributed by atoms with Gasteiger partial charge in [0.15, 0.2) is 0 Å². The molecule has 174 valence electrons. The maximum absolute atomic E-state index is 10.9. The molecule has 0 spiro atoms. The van der Waals surface area contributed by atoms with E-state index in [1.54, 1.807) is 38.1 Å². The summed E-state index contributed by atoms with van der Waals surface area (Å²) < 4.78 is 0. The quantitative estimate of drug-likeness (QED) is 0.337. The summed E-state index contributed by atoms with van der Waals surface area (Å²) in [6.07, 6.45) is 9.88. The van der Waals surface area contributed by atoms with Gasteiger partial charge in [-0.3, -0.25) is 0 Å². The standard InChI is InChI=1S/C13H18O3.C13H16O3/c2*1-3-4-5-6-10-7-11(13(15)16)9(2)12(14)8-10/h7-8,14H,3-6H2,1-2H3,(H,15,16);5-8,14H,3-4H2,1-2H3,(H,15,16)/b;6-5-. The van der Waals surface area contributed by atoms with Crippen LogP contribution < -0.4 is 0 Å². The number of aryl methyl sites for hydroxylation is 1. The molecule has 0 heterocycles. The van der Waals surface area contributed by atoms with E-state index < -0.39 is 11.9 Å². The van der Waals surface area contributed by atoms with Gasteiger partial charge in [0.05, 0.1) is 11.1 Å². The van der Waals surface area contributed by atoms with Crippen LogP contribution in [-0.4, -0.2) is 32.4 Å². The Morgan fingerprint density at radius 2 is 1.38 bits per heavy atom. The van der Waals surface area contributed by atoms with Gasteiger partial charge in [-0.25, -0.2) is 9.59 Å². The minimum atomic E-state index is -1.02. The predicted octanol–water partition coefficient (Wildman–Crippen LogP) is 6.34. The van der Waals surface area contributed by atoms with Crippen molar-refractivity contribution in [1.29, 1.82) is 0 Å². The maximum Gasteiger partial charge on any atom is 0.336 e. The van der Waals surface area contributed by atoms with E-state index in [0.717, 1.165) is 44.1 Å². The maximum atomic E-state index is 10.9. The van der Waals surface area contributed by atoms with Gasteiger partial charge in [0, 0.05) is 11.1 Å². The van der Waals surface area contributed by atoms with Crippen LogP contribution in [0, 0.1) is 13.8 Å². The van der Waals surface area contributed by atoms with E-state index in [2.05, 4.69) is 13.8 Å². The van der Waals surface area contributed by atoms with Gasteiger partial charge in [-0.05, 0) is 68.5 Å². The van der Waals surface area contributed by atoms with Crippen molar-refractivity contribution in [3.63, 3.8) is 0 Å². The lowest BCUT2D eigenvalue weighted by molar-refractivity contribution is 0.0684. The summed E-state index contributed by atoms with van der Waals surface area (Å²) in [7, 11) is 0. The lowest BCUT2D eigenvalue weighted by Crippen LogP contribution is -2.01. The number of unbranched alkanes of at least 4 members (excludes halogenated alkanes) is 3. The molecule has 2 rings (SSSR count). The molecule has 0 aliphatic carbocycles. The number of rotatable bonds is 9. The summed E-state index contributed by atoms with van der Waals surface area (Å²) in [5.41, 5.74) is 2.80. The molecule has 6 heteroatoms. The fourth-order valence-corrected chi connectivity index (χ4v) is 3.13. The number of hydrogen-bond donors (Lipinski definition) is 4. The number of allylic oxidation sites excluding steroid dienone is 1. The van der Waals surface area contributed by atoms with Gasteiger partial charge in [0.25, 0.3) is 0 Å². The lowest BCUT2D eigenvalue weighted by Gasteiger charge is -2.08. The van der Waals surface area contributed by atoms with Crippen molar-refractivity contribution < 1.29 is 30.0 Å². The number of aromatic carboxylic acids is 2. The largest absolute Gasteiger partial charge is 0.508 e. The van der Waals surface area contributed by atoms with Gasteiger partial charge < -0.3 is 20.4 Å². The van der Waals surface area contributed by atoms with Crippen LogP contribution in [-0.2, 0) is 6.42 Å². The highest BCUT2D eigenvalue weighted by molar-refractivity contribution is 5.91. The Morgan fingerprint density at radius 1 is 0.812 bits per heavy atom. The SMILES string of the molecule is CCC/C=C\c1cc(O)c(C)c(C(=O)O)c1.CCCCCc1cc(O)c(C)c(C(=O)O)c1. The average Bonchev–Trinajstić information content (AvgIpc) is 2.73. The van der Waals surface area contributed by atoms with Gasteiger partial charge in [-0.2, -0.15) is 0 Å². The van der Waals surface area contributed by atoms with E-state index in [1.165, 1.54) is 0 Å². The number of benzene rings is 2. The Balaban J connectivity index is 0.000000320. The normalized spacial score (nSPS) is 10.6. The van der Waals surface area contributed by atoms with Crippen LogP contribution >= 0.6 is 0 Å². The van der Waals surface area contributed by atoms with Gasteiger partial charge in [-0.1, -0.05) is 45.3 Å². The number of carboxylic acids is 2. The molecule has 0 amide bonds. The van der Waals surface area contributed by atoms with Crippen molar-refractivity contribution >= 4 is 18.0 Å². The third-order valence-corrected chi connectivity index (χ3v) is 5.14. The summed E-state index contributed by atoms with van der Waals surface area (Å²) in [5.74, 6) is -1.90. The third-order valence-electron chi connectivity index (χ3n) is 5.14. The highest BCUT2D eigenvalue weighted by atomic mass is 16.4. The fraction of sp³-hybridized carbons (Fsp3) is 0.385. The third kappa shape index (κ3) is 8.10. The molecule has 0 aliphatic heterocycles. The first-order valence-electron chi connectivity index (χ1n) is 10.9. The van der Waals surface area contributed by atoms with E-state index in [4.69, 9.17) is 10.2 Å². The van der Waals surface area contributed by atoms with E-state index in [0.29, 0.717) is 16.7 Å². The Hall–Kier alpha value is -3.28. The van der Waals surface area contributed by atoms with Gasteiger partial charge in [0.1, 0.15) is 11.5 Å². The molecule has 2 aromatic rings. The molecule has 0 saturated heterocycles. The molecule has 2 aromatic carbocycles. The van der Waals surface area contributed by atoms with Gasteiger partial charge in [0.2, 0.25) is 0 Å². The Kier molecular flexibility index (Phi) is 11.0. The van der Waals surface area contributed by atoms with Gasteiger partial charge >= 0.3 is 11.9 Å². The van der Waals surface area contributed by atoms with Crippen molar-refractivity contribution in [3.8, 4) is 11.5 Å². The molecule has 0 aliphatic rings. The molecule has 6 nitrogen and oxygen atoms in total. The number of carboxylic acid groups (broad SMARTS) is 2. The second kappa shape index (κ2) is 13.2. The monoisotopic (exact) mass is 442 g/mol. The van der Waals surface area contributed by atoms with Crippen molar-refractivity contribution in [3.05, 3.63) is 63.7 Å². The molecule has 0 aromatic heterocycles. The zero-order valence-electron chi connectivity index (χ0n) is 19.3. The molecule has 0 bridgehead atoms. The minimum Gasteiger partial charge on any atom is -0.508 e. The smallest absolute Gasteiger partial charge is 0.336 e. The van der Waals surface area contributed by atoms with E-state index in [9.17, 15) is 19.8 Å². The first-order valence-corrected chi connectivity index (χ1v) is 10.9. The molecule has 0 atom stereocenters. The fourth-order valence-electron chi connectivity index (χ4n) is 3.13. The number of phenolic OH excluding ortho intramolecular Hbond substituents is 2. The van der Waals surface area contributed by atoms with Crippen molar-refractivity contribution in [2.75, 3.05) is 0 Å². The number of hydrogen-bond acceptors (Lipinski definition) is 4. The van der Waals surface area contributed by atoms with Crippen molar-refractivity contribution in [2.24, 2.45) is 0 Å². The zero-order chi connectivity index (χ0) is 24.3. The number of aromatic hydroxyl groups is 2. The van der Waals surface area contributed by atoms with Crippen LogP contribution in [0.25, 0.3) is 6.08 Å². The van der Waals surface area contributed by atoms with Crippen LogP contribution in [0.15, 0.2) is 30.3 Å². The van der Waals surface area contributed by atoms with Crippen LogP contribution in [0.1, 0.15) is 88.9 Å². The summed E-state index contributed by atoms with van der Waals surface area (Å²) in [6, 6.07) is 6.47. The first-order chi connectivity index (χ1) is 15.1. The molecule has 0 radical (unpaired) electrons. The lowest BCUT2D eigenvalue weighted by atomic mass is 10.00. The topological polar surface area (TPSA) is 115 Å². The molecular formula is C26H34O6. The Bertz CT molecular complexity index is 959. The van der Waals surface area contributed by atoms with E-state index in [-0.39, 0.29) is 22.6 Å². The summed E-state index contributed by atoms with van der Waals surface area (Å²) >= 11 is 0.